The van der Waals surface area contributed by atoms with Gasteiger partial charge in [-0.2, -0.15) is 13.2 Å². The monoisotopic (exact) mass is 400 g/mol. The Kier molecular flexibility index (Phi) is 7.17. The first kappa shape index (κ1) is 21.6. The highest BCUT2D eigenvalue weighted by Crippen LogP contribution is 2.48. The summed E-state index contributed by atoms with van der Waals surface area (Å²) in [6.45, 7) is 2.44. The van der Waals surface area contributed by atoms with E-state index in [4.69, 9.17) is 27.9 Å². The lowest BCUT2D eigenvalue weighted by Gasteiger charge is -2.34. The molecule has 0 bridgehead atoms. The lowest BCUT2D eigenvalue weighted by molar-refractivity contribution is -0.266. The Morgan fingerprint density at radius 1 is 1.36 bits per heavy atom. The number of allylic oxidation sites excluding steroid dienone is 1. The van der Waals surface area contributed by atoms with Gasteiger partial charge in [-0.15, -0.1) is 0 Å². The molecule has 0 spiro atoms. The first-order chi connectivity index (χ1) is 11.6. The number of carbonyl (C=O) groups is 1. The van der Waals surface area contributed by atoms with Crippen LogP contribution in [-0.4, -0.2) is 36.6 Å². The Balaban J connectivity index is 3.73. The van der Waals surface area contributed by atoms with Gasteiger partial charge in [0.15, 0.2) is 0 Å². The van der Waals surface area contributed by atoms with Gasteiger partial charge >= 0.3 is 12.1 Å². The van der Waals surface area contributed by atoms with Gasteiger partial charge in [0.2, 0.25) is 0 Å². The van der Waals surface area contributed by atoms with Crippen LogP contribution >= 0.6 is 23.2 Å². The minimum Gasteiger partial charge on any atom is -0.495 e. The molecule has 0 saturated carbocycles. The largest absolute Gasteiger partial charge is 0.495 e. The SMILES string of the molecule is CC=CC(c1ccc(Cl)c(Cl)c1OC)C(O)(C(=O)OCC)C(F)(F)F. The number of hydrogen-bond donors (Lipinski definition) is 1. The highest BCUT2D eigenvalue weighted by atomic mass is 35.5. The third-order valence-corrected chi connectivity index (χ3v) is 4.26. The molecule has 0 heterocycles. The molecule has 1 N–H and O–H groups in total. The number of ether oxygens (including phenoxy) is 2. The Labute approximate surface area is 153 Å². The fourth-order valence-electron chi connectivity index (χ4n) is 2.32. The molecule has 0 amide bonds. The molecule has 2 unspecified atom stereocenters. The van der Waals surface area contributed by atoms with Gasteiger partial charge in [0.05, 0.1) is 24.7 Å². The highest BCUT2D eigenvalue weighted by Gasteiger charge is 2.65. The van der Waals surface area contributed by atoms with Gasteiger partial charge in [0, 0.05) is 5.56 Å². The fourth-order valence-corrected chi connectivity index (χ4v) is 2.72. The number of hydrogen-bond acceptors (Lipinski definition) is 4. The van der Waals surface area contributed by atoms with Crippen LogP contribution in [0.5, 0.6) is 5.75 Å². The van der Waals surface area contributed by atoms with Crippen LogP contribution in [0.3, 0.4) is 0 Å². The van der Waals surface area contributed by atoms with Gasteiger partial charge < -0.3 is 14.6 Å². The molecule has 4 nitrogen and oxygen atoms in total. The van der Waals surface area contributed by atoms with Crippen molar-refractivity contribution in [1.29, 1.82) is 0 Å². The molecule has 25 heavy (non-hydrogen) atoms. The molecule has 140 valence electrons. The summed E-state index contributed by atoms with van der Waals surface area (Å²) in [5.74, 6) is -3.86. The third-order valence-electron chi connectivity index (χ3n) is 3.47. The van der Waals surface area contributed by atoms with E-state index in [0.29, 0.717) is 0 Å². The van der Waals surface area contributed by atoms with Crippen molar-refractivity contribution < 1.29 is 32.5 Å². The number of halogens is 5. The van der Waals surface area contributed by atoms with Crippen molar-refractivity contribution in [3.05, 3.63) is 39.9 Å². The number of alkyl halides is 3. The van der Waals surface area contributed by atoms with E-state index in [1.807, 2.05) is 0 Å². The Morgan fingerprint density at radius 2 is 1.96 bits per heavy atom. The summed E-state index contributed by atoms with van der Waals surface area (Å²) in [6, 6.07) is 2.45. The molecule has 1 rings (SSSR count). The highest BCUT2D eigenvalue weighted by molar-refractivity contribution is 6.43. The Hall–Kier alpha value is -1.44. The van der Waals surface area contributed by atoms with E-state index in [2.05, 4.69) is 4.74 Å². The van der Waals surface area contributed by atoms with Crippen LogP contribution in [0.15, 0.2) is 24.3 Å². The molecule has 0 aliphatic heterocycles. The maximum absolute atomic E-state index is 13.7. The van der Waals surface area contributed by atoms with E-state index in [1.165, 1.54) is 39.2 Å². The predicted molar refractivity (Wildman–Crippen MR) is 88.2 cm³/mol. The smallest absolute Gasteiger partial charge is 0.429 e. The Bertz CT molecular complexity index is 662. The first-order valence-electron chi connectivity index (χ1n) is 7.17. The van der Waals surface area contributed by atoms with Crippen molar-refractivity contribution in [3.63, 3.8) is 0 Å². The molecule has 0 fully saturated rings. The number of aliphatic hydroxyl groups is 1. The van der Waals surface area contributed by atoms with Crippen molar-refractivity contribution >= 4 is 29.2 Å². The van der Waals surface area contributed by atoms with Crippen LogP contribution in [0.1, 0.15) is 25.3 Å². The zero-order chi connectivity index (χ0) is 19.4. The minimum absolute atomic E-state index is 0.0492. The summed E-state index contributed by atoms with van der Waals surface area (Å²) < 4.78 is 50.5. The van der Waals surface area contributed by atoms with Crippen LogP contribution in [0.25, 0.3) is 0 Å². The summed E-state index contributed by atoms with van der Waals surface area (Å²) >= 11 is 11.8. The van der Waals surface area contributed by atoms with Crippen LogP contribution in [0, 0.1) is 0 Å². The molecule has 2 atom stereocenters. The van der Waals surface area contributed by atoms with Crippen LogP contribution in [0.2, 0.25) is 10.0 Å². The molecule has 0 radical (unpaired) electrons. The van der Waals surface area contributed by atoms with E-state index in [9.17, 15) is 23.1 Å². The zero-order valence-corrected chi connectivity index (χ0v) is 15.2. The van der Waals surface area contributed by atoms with Gasteiger partial charge in [-0.05, 0) is 19.9 Å². The normalized spacial score (nSPS) is 15.7. The maximum Gasteiger partial charge on any atom is 0.429 e. The van der Waals surface area contributed by atoms with Crippen molar-refractivity contribution in [2.24, 2.45) is 0 Å². The number of carbonyl (C=O) groups excluding carboxylic acids is 1. The second kappa shape index (κ2) is 8.29. The van der Waals surface area contributed by atoms with E-state index in [0.717, 1.165) is 6.08 Å². The van der Waals surface area contributed by atoms with Gasteiger partial charge in [0.25, 0.3) is 5.60 Å². The molecule has 1 aromatic carbocycles. The lowest BCUT2D eigenvalue weighted by Crippen LogP contribution is -2.56. The summed E-state index contributed by atoms with van der Waals surface area (Å²) in [4.78, 5) is 12.0. The number of esters is 1. The standard InChI is InChI=1S/C16H17Cl2F3O4/c1-4-6-10(9-7-8-11(17)12(18)13(9)24-3)15(23,16(19,20)21)14(22)25-5-2/h4,6-8,10,23H,5H2,1-3H3. The summed E-state index contributed by atoms with van der Waals surface area (Å²) in [5.41, 5.74) is -4.00. The van der Waals surface area contributed by atoms with Gasteiger partial charge in [-0.1, -0.05) is 41.4 Å². The average molecular weight is 401 g/mol. The van der Waals surface area contributed by atoms with Gasteiger partial charge in [0.1, 0.15) is 10.8 Å². The molecule has 9 heteroatoms. The molecule has 0 aliphatic carbocycles. The fraction of sp³-hybridized carbons (Fsp3) is 0.438. The predicted octanol–water partition coefficient (Wildman–Crippen LogP) is 4.52. The summed E-state index contributed by atoms with van der Waals surface area (Å²) in [6.07, 6.45) is -3.03. The number of rotatable bonds is 6. The van der Waals surface area contributed by atoms with E-state index >= 15 is 0 Å². The van der Waals surface area contributed by atoms with Crippen molar-refractivity contribution in [2.75, 3.05) is 13.7 Å². The second-order valence-electron chi connectivity index (χ2n) is 4.97. The summed E-state index contributed by atoms with van der Waals surface area (Å²) in [5, 5.41) is 10.3. The lowest BCUT2D eigenvalue weighted by atomic mass is 9.80. The van der Waals surface area contributed by atoms with E-state index < -0.39 is 23.7 Å². The molecule has 0 aromatic heterocycles. The summed E-state index contributed by atoms with van der Waals surface area (Å²) in [7, 11) is 1.19. The quantitative estimate of drug-likeness (QED) is 0.563. The van der Waals surface area contributed by atoms with Gasteiger partial charge in [-0.25, -0.2) is 4.79 Å². The van der Waals surface area contributed by atoms with Gasteiger partial charge in [-0.3, -0.25) is 0 Å². The minimum atomic E-state index is -5.32. The van der Waals surface area contributed by atoms with Crippen LogP contribution in [-0.2, 0) is 9.53 Å². The molecule has 0 saturated heterocycles. The topological polar surface area (TPSA) is 55.8 Å². The molecular weight excluding hydrogens is 384 g/mol. The molecule has 0 aliphatic rings. The molecular formula is C16H17Cl2F3O4. The maximum atomic E-state index is 13.7. The van der Waals surface area contributed by atoms with Crippen LogP contribution in [0.4, 0.5) is 13.2 Å². The average Bonchev–Trinajstić information content (AvgIpc) is 2.53. The van der Waals surface area contributed by atoms with Crippen molar-refractivity contribution in [1.82, 2.24) is 0 Å². The van der Waals surface area contributed by atoms with E-state index in [1.54, 1.807) is 0 Å². The zero-order valence-electron chi connectivity index (χ0n) is 13.7. The van der Waals surface area contributed by atoms with Crippen LogP contribution < -0.4 is 4.74 Å². The Morgan fingerprint density at radius 3 is 2.40 bits per heavy atom. The number of benzene rings is 1. The second-order valence-corrected chi connectivity index (χ2v) is 5.76. The molecule has 1 aromatic rings. The third kappa shape index (κ3) is 4.04. The van der Waals surface area contributed by atoms with E-state index in [-0.39, 0.29) is 28.0 Å². The van der Waals surface area contributed by atoms with Crippen molar-refractivity contribution in [2.45, 2.75) is 31.5 Å². The van der Waals surface area contributed by atoms with Crippen molar-refractivity contribution in [3.8, 4) is 5.75 Å². The first-order valence-corrected chi connectivity index (χ1v) is 7.92. The number of methoxy groups -OCH3 is 1.